The van der Waals surface area contributed by atoms with Crippen molar-refractivity contribution in [1.29, 1.82) is 0 Å². The number of hydrogen-bond donors (Lipinski definition) is 3. The quantitative estimate of drug-likeness (QED) is 0.589. The van der Waals surface area contributed by atoms with Gasteiger partial charge in [0.2, 0.25) is 0 Å². The van der Waals surface area contributed by atoms with E-state index in [9.17, 15) is 9.59 Å². The monoisotopic (exact) mass is 401 g/mol. The van der Waals surface area contributed by atoms with Crippen LogP contribution in [-0.4, -0.2) is 18.5 Å². The van der Waals surface area contributed by atoms with Crippen LogP contribution in [0.4, 0.5) is 10.5 Å². The molecule has 6 heteroatoms. The number of benzene rings is 3. The highest BCUT2D eigenvalue weighted by atomic mass is 16.5. The molecule has 0 aromatic heterocycles. The Hall–Kier alpha value is -3.80. The topological polar surface area (TPSA) is 79.5 Å². The first-order valence-electron chi connectivity index (χ1n) is 9.87. The number of carbonyl (C=O) groups is 2. The highest BCUT2D eigenvalue weighted by molar-refractivity contribution is 6.08. The number of hydrogen-bond acceptors (Lipinski definition) is 3. The molecule has 1 atom stereocenters. The third-order valence-corrected chi connectivity index (χ3v) is 5.08. The lowest BCUT2D eigenvalue weighted by Gasteiger charge is -2.29. The largest absolute Gasteiger partial charge is 0.492 e. The fourth-order valence-electron chi connectivity index (χ4n) is 3.77. The van der Waals surface area contributed by atoms with Crippen LogP contribution < -0.4 is 20.7 Å². The summed E-state index contributed by atoms with van der Waals surface area (Å²) in [5.41, 5.74) is 2.42. The molecule has 0 fully saturated rings. The molecule has 0 spiro atoms. The predicted octanol–water partition coefficient (Wildman–Crippen LogP) is 4.51. The van der Waals surface area contributed by atoms with E-state index in [0.29, 0.717) is 29.3 Å². The Morgan fingerprint density at radius 1 is 1.03 bits per heavy atom. The zero-order valence-electron chi connectivity index (χ0n) is 16.9. The Kier molecular flexibility index (Phi) is 5.39. The number of urea groups is 1. The molecular formula is C24H23N3O3. The SMILES string of the molecule is CCOc1ccccc1NC(=O)C1=C(C)NC(=O)NC1c1cccc2ccccc12. The van der Waals surface area contributed by atoms with Gasteiger partial charge in [-0.3, -0.25) is 4.79 Å². The molecule has 3 aromatic carbocycles. The lowest BCUT2D eigenvalue weighted by Crippen LogP contribution is -2.46. The van der Waals surface area contributed by atoms with Gasteiger partial charge < -0.3 is 20.7 Å². The van der Waals surface area contributed by atoms with Crippen molar-refractivity contribution in [2.45, 2.75) is 19.9 Å². The first kappa shape index (κ1) is 19.5. The zero-order valence-corrected chi connectivity index (χ0v) is 16.9. The van der Waals surface area contributed by atoms with Crippen molar-refractivity contribution in [3.8, 4) is 5.75 Å². The second-order valence-electron chi connectivity index (χ2n) is 7.02. The maximum Gasteiger partial charge on any atom is 0.319 e. The number of ether oxygens (including phenoxy) is 1. The molecule has 6 nitrogen and oxygen atoms in total. The van der Waals surface area contributed by atoms with Crippen LogP contribution in [0.15, 0.2) is 78.0 Å². The van der Waals surface area contributed by atoms with Crippen molar-refractivity contribution in [2.24, 2.45) is 0 Å². The molecule has 0 radical (unpaired) electrons. The summed E-state index contributed by atoms with van der Waals surface area (Å²) < 4.78 is 5.62. The summed E-state index contributed by atoms with van der Waals surface area (Å²) in [6, 6.07) is 20.2. The summed E-state index contributed by atoms with van der Waals surface area (Å²) in [6.45, 7) is 4.12. The van der Waals surface area contributed by atoms with E-state index < -0.39 is 6.04 Å². The fraction of sp³-hybridized carbons (Fsp3) is 0.167. The smallest absolute Gasteiger partial charge is 0.319 e. The molecule has 1 aliphatic heterocycles. The molecule has 1 heterocycles. The van der Waals surface area contributed by atoms with Gasteiger partial charge in [-0.1, -0.05) is 54.6 Å². The number of carbonyl (C=O) groups excluding carboxylic acids is 2. The summed E-state index contributed by atoms with van der Waals surface area (Å²) in [4.78, 5) is 25.6. The van der Waals surface area contributed by atoms with Gasteiger partial charge in [0.15, 0.2) is 0 Å². The second kappa shape index (κ2) is 8.29. The molecule has 3 N–H and O–H groups in total. The van der Waals surface area contributed by atoms with Crippen LogP contribution in [0.3, 0.4) is 0 Å². The fourth-order valence-corrected chi connectivity index (χ4v) is 3.77. The normalized spacial score (nSPS) is 16.1. The van der Waals surface area contributed by atoms with Crippen molar-refractivity contribution in [2.75, 3.05) is 11.9 Å². The lowest BCUT2D eigenvalue weighted by molar-refractivity contribution is -0.113. The van der Waals surface area contributed by atoms with E-state index in [-0.39, 0.29) is 11.9 Å². The first-order valence-corrected chi connectivity index (χ1v) is 9.87. The summed E-state index contributed by atoms with van der Waals surface area (Å²) in [7, 11) is 0. The molecule has 3 aromatic rings. The van der Waals surface area contributed by atoms with Gasteiger partial charge >= 0.3 is 6.03 Å². The van der Waals surface area contributed by atoms with Crippen LogP contribution in [0.5, 0.6) is 5.75 Å². The lowest BCUT2D eigenvalue weighted by atomic mass is 9.91. The number of fused-ring (bicyclic) bond motifs is 1. The standard InChI is InChI=1S/C24H23N3O3/c1-3-30-20-14-7-6-13-19(20)26-23(28)21-15(2)25-24(29)27-22(21)18-12-8-10-16-9-4-5-11-17(16)18/h4-14,22H,3H2,1-2H3,(H,26,28)(H2,25,27,29). The minimum atomic E-state index is -0.580. The third kappa shape index (κ3) is 3.72. The van der Waals surface area contributed by atoms with Gasteiger partial charge in [-0.2, -0.15) is 0 Å². The summed E-state index contributed by atoms with van der Waals surface area (Å²) in [5, 5.41) is 10.6. The van der Waals surface area contributed by atoms with Gasteiger partial charge in [0, 0.05) is 5.70 Å². The number of para-hydroxylation sites is 2. The Balaban J connectivity index is 1.75. The van der Waals surface area contributed by atoms with Crippen molar-refractivity contribution in [3.63, 3.8) is 0 Å². The van der Waals surface area contributed by atoms with Crippen LogP contribution in [0.25, 0.3) is 10.8 Å². The Morgan fingerprint density at radius 2 is 1.77 bits per heavy atom. The van der Waals surface area contributed by atoms with Crippen molar-refractivity contribution < 1.29 is 14.3 Å². The number of anilines is 1. The minimum absolute atomic E-state index is 0.301. The van der Waals surface area contributed by atoms with E-state index in [1.54, 1.807) is 13.0 Å². The third-order valence-electron chi connectivity index (χ3n) is 5.08. The molecule has 1 aliphatic rings. The Labute approximate surface area is 174 Å². The minimum Gasteiger partial charge on any atom is -0.492 e. The van der Waals surface area contributed by atoms with E-state index >= 15 is 0 Å². The number of allylic oxidation sites excluding steroid dienone is 1. The van der Waals surface area contributed by atoms with E-state index in [0.717, 1.165) is 16.3 Å². The maximum atomic E-state index is 13.3. The van der Waals surface area contributed by atoms with Crippen molar-refractivity contribution >= 4 is 28.4 Å². The Morgan fingerprint density at radius 3 is 2.60 bits per heavy atom. The number of amides is 3. The van der Waals surface area contributed by atoms with Gasteiger partial charge in [0.05, 0.1) is 23.9 Å². The molecule has 0 aliphatic carbocycles. The predicted molar refractivity (Wildman–Crippen MR) is 117 cm³/mol. The highest BCUT2D eigenvalue weighted by Crippen LogP contribution is 2.33. The molecule has 4 rings (SSSR count). The van der Waals surface area contributed by atoms with Crippen molar-refractivity contribution in [3.05, 3.63) is 83.6 Å². The van der Waals surface area contributed by atoms with Crippen LogP contribution in [0, 0.1) is 0 Å². The van der Waals surface area contributed by atoms with E-state index in [4.69, 9.17) is 4.74 Å². The summed E-state index contributed by atoms with van der Waals surface area (Å²) in [6.07, 6.45) is 0. The molecule has 152 valence electrons. The average Bonchev–Trinajstić information content (AvgIpc) is 2.74. The number of nitrogens with one attached hydrogen (secondary N) is 3. The van der Waals surface area contributed by atoms with Crippen LogP contribution >= 0.6 is 0 Å². The van der Waals surface area contributed by atoms with Crippen LogP contribution in [0.2, 0.25) is 0 Å². The van der Waals surface area contributed by atoms with Gasteiger partial charge in [-0.05, 0) is 42.3 Å². The van der Waals surface area contributed by atoms with Crippen LogP contribution in [0.1, 0.15) is 25.5 Å². The van der Waals surface area contributed by atoms with E-state index in [1.807, 2.05) is 67.6 Å². The summed E-state index contributed by atoms with van der Waals surface area (Å²) in [5.74, 6) is 0.297. The van der Waals surface area contributed by atoms with E-state index in [2.05, 4.69) is 16.0 Å². The first-order chi connectivity index (χ1) is 14.6. The average molecular weight is 401 g/mol. The van der Waals surface area contributed by atoms with E-state index in [1.165, 1.54) is 0 Å². The molecule has 0 bridgehead atoms. The maximum absolute atomic E-state index is 13.3. The van der Waals surface area contributed by atoms with Gasteiger partial charge in [-0.15, -0.1) is 0 Å². The molecular weight excluding hydrogens is 378 g/mol. The molecule has 1 unspecified atom stereocenters. The molecule has 3 amide bonds. The second-order valence-corrected chi connectivity index (χ2v) is 7.02. The highest BCUT2D eigenvalue weighted by Gasteiger charge is 2.32. The zero-order chi connectivity index (χ0) is 21.1. The Bertz CT molecular complexity index is 1150. The van der Waals surface area contributed by atoms with Gasteiger partial charge in [0.1, 0.15) is 5.75 Å². The molecule has 0 saturated heterocycles. The molecule has 30 heavy (non-hydrogen) atoms. The van der Waals surface area contributed by atoms with Gasteiger partial charge in [-0.25, -0.2) is 4.79 Å². The number of rotatable bonds is 5. The molecule has 0 saturated carbocycles. The van der Waals surface area contributed by atoms with Crippen LogP contribution in [-0.2, 0) is 4.79 Å². The van der Waals surface area contributed by atoms with Gasteiger partial charge in [0.25, 0.3) is 5.91 Å². The summed E-state index contributed by atoms with van der Waals surface area (Å²) >= 11 is 0. The van der Waals surface area contributed by atoms with Crippen molar-refractivity contribution in [1.82, 2.24) is 10.6 Å².